The third kappa shape index (κ3) is 4.44. The Kier molecular flexibility index (Phi) is 5.12. The lowest BCUT2D eigenvalue weighted by Gasteiger charge is -2.21. The Bertz CT molecular complexity index is 797. The Morgan fingerprint density at radius 1 is 1.20 bits per heavy atom. The maximum Gasteiger partial charge on any atom is 0.244 e. The molecule has 0 spiro atoms. The number of rotatable bonds is 4. The molecule has 1 heterocycles. The fourth-order valence-corrected chi connectivity index (χ4v) is 2.95. The van der Waals surface area contributed by atoms with Crippen LogP contribution in [0.5, 0.6) is 0 Å². The summed E-state index contributed by atoms with van der Waals surface area (Å²) < 4.78 is 26.3. The molecule has 1 unspecified atom stereocenters. The maximum atomic E-state index is 13.1. The molecule has 3 rings (SSSR count). The van der Waals surface area contributed by atoms with Gasteiger partial charge in [0.25, 0.3) is 0 Å². The molecule has 2 N–H and O–H groups in total. The van der Waals surface area contributed by atoms with E-state index < -0.39 is 11.6 Å². The minimum atomic E-state index is -0.670. The number of hydrogen-bond donors (Lipinski definition) is 2. The molecule has 25 heavy (non-hydrogen) atoms. The number of benzene rings is 2. The maximum absolute atomic E-state index is 13.1. The molecular formula is C20H20F2N2O. The van der Waals surface area contributed by atoms with Gasteiger partial charge in [-0.05, 0) is 60.7 Å². The van der Waals surface area contributed by atoms with Crippen molar-refractivity contribution < 1.29 is 13.6 Å². The third-order valence-electron chi connectivity index (χ3n) is 4.24. The van der Waals surface area contributed by atoms with Crippen LogP contribution in [0.1, 0.15) is 36.1 Å². The van der Waals surface area contributed by atoms with Crippen LogP contribution >= 0.6 is 0 Å². The largest absolute Gasteiger partial charge is 0.385 e. The van der Waals surface area contributed by atoms with E-state index in [0.29, 0.717) is 5.56 Å². The van der Waals surface area contributed by atoms with Crippen molar-refractivity contribution in [3.8, 4) is 0 Å². The molecule has 0 aliphatic carbocycles. The number of fused-ring (bicyclic) bond motifs is 1. The van der Waals surface area contributed by atoms with Crippen molar-refractivity contribution in [3.05, 3.63) is 70.8 Å². The molecule has 0 fully saturated rings. The van der Waals surface area contributed by atoms with Crippen molar-refractivity contribution in [2.24, 2.45) is 0 Å². The van der Waals surface area contributed by atoms with Gasteiger partial charge in [0.1, 0.15) is 11.6 Å². The SMILES string of the molecule is CC(NC(=O)/C=C/c1cc(F)cc(F)c1)c1ccc2c(c1)CCCN2. The summed E-state index contributed by atoms with van der Waals surface area (Å²) in [6.07, 6.45) is 4.81. The fourth-order valence-electron chi connectivity index (χ4n) is 2.95. The Balaban J connectivity index is 1.65. The second-order valence-electron chi connectivity index (χ2n) is 6.21. The van der Waals surface area contributed by atoms with E-state index in [1.165, 1.54) is 29.8 Å². The van der Waals surface area contributed by atoms with Crippen molar-refractivity contribution in [1.82, 2.24) is 5.32 Å². The van der Waals surface area contributed by atoms with Gasteiger partial charge in [0.2, 0.25) is 5.91 Å². The van der Waals surface area contributed by atoms with E-state index in [-0.39, 0.29) is 11.9 Å². The minimum absolute atomic E-state index is 0.159. The molecule has 1 amide bonds. The monoisotopic (exact) mass is 342 g/mol. The highest BCUT2D eigenvalue weighted by atomic mass is 19.1. The van der Waals surface area contributed by atoms with Crippen molar-refractivity contribution >= 4 is 17.7 Å². The predicted molar refractivity (Wildman–Crippen MR) is 95.2 cm³/mol. The van der Waals surface area contributed by atoms with Gasteiger partial charge in [0.15, 0.2) is 0 Å². The molecule has 0 saturated carbocycles. The molecular weight excluding hydrogens is 322 g/mol. The van der Waals surface area contributed by atoms with Gasteiger partial charge in [0.05, 0.1) is 6.04 Å². The summed E-state index contributed by atoms with van der Waals surface area (Å²) in [7, 11) is 0. The summed E-state index contributed by atoms with van der Waals surface area (Å²) >= 11 is 0. The van der Waals surface area contributed by atoms with Gasteiger partial charge in [0, 0.05) is 24.4 Å². The van der Waals surface area contributed by atoms with Crippen LogP contribution in [0.15, 0.2) is 42.5 Å². The van der Waals surface area contributed by atoms with Gasteiger partial charge < -0.3 is 10.6 Å². The highest BCUT2D eigenvalue weighted by Crippen LogP contribution is 2.25. The second-order valence-corrected chi connectivity index (χ2v) is 6.21. The topological polar surface area (TPSA) is 41.1 Å². The van der Waals surface area contributed by atoms with Crippen LogP contribution in [0.25, 0.3) is 6.08 Å². The molecule has 0 bridgehead atoms. The molecule has 0 aromatic heterocycles. The summed E-state index contributed by atoms with van der Waals surface area (Å²) in [6, 6.07) is 9.13. The Hall–Kier alpha value is -2.69. The van der Waals surface area contributed by atoms with Gasteiger partial charge in [-0.25, -0.2) is 8.78 Å². The average molecular weight is 342 g/mol. The third-order valence-corrected chi connectivity index (χ3v) is 4.24. The number of carbonyl (C=O) groups is 1. The minimum Gasteiger partial charge on any atom is -0.385 e. The molecule has 1 atom stereocenters. The van der Waals surface area contributed by atoms with Gasteiger partial charge in [-0.1, -0.05) is 12.1 Å². The van der Waals surface area contributed by atoms with E-state index in [9.17, 15) is 13.6 Å². The lowest BCUT2D eigenvalue weighted by molar-refractivity contribution is -0.117. The highest BCUT2D eigenvalue weighted by Gasteiger charge is 2.13. The first-order valence-electron chi connectivity index (χ1n) is 8.32. The number of amides is 1. The fraction of sp³-hybridized carbons (Fsp3) is 0.250. The van der Waals surface area contributed by atoms with Gasteiger partial charge in [-0.15, -0.1) is 0 Å². The highest BCUT2D eigenvalue weighted by molar-refractivity contribution is 5.92. The summed E-state index contributed by atoms with van der Waals surface area (Å²) in [4.78, 5) is 12.1. The van der Waals surface area contributed by atoms with Crippen molar-refractivity contribution in [1.29, 1.82) is 0 Å². The zero-order valence-electron chi connectivity index (χ0n) is 14.0. The van der Waals surface area contributed by atoms with Crippen LogP contribution < -0.4 is 10.6 Å². The average Bonchev–Trinajstić information content (AvgIpc) is 2.58. The lowest BCUT2D eigenvalue weighted by atomic mass is 9.98. The first-order chi connectivity index (χ1) is 12.0. The lowest BCUT2D eigenvalue weighted by Crippen LogP contribution is -2.25. The van der Waals surface area contributed by atoms with E-state index in [4.69, 9.17) is 0 Å². The summed E-state index contributed by atoms with van der Waals surface area (Å²) in [6.45, 7) is 2.90. The zero-order valence-corrected chi connectivity index (χ0v) is 14.0. The van der Waals surface area contributed by atoms with Crippen molar-refractivity contribution in [2.45, 2.75) is 25.8 Å². The van der Waals surface area contributed by atoms with Crippen molar-refractivity contribution in [2.75, 3.05) is 11.9 Å². The smallest absolute Gasteiger partial charge is 0.244 e. The van der Waals surface area contributed by atoms with E-state index in [2.05, 4.69) is 16.7 Å². The summed E-state index contributed by atoms with van der Waals surface area (Å²) in [5, 5.41) is 6.23. The summed E-state index contributed by atoms with van der Waals surface area (Å²) in [5.74, 6) is -1.65. The van der Waals surface area contributed by atoms with Crippen LogP contribution in [0.3, 0.4) is 0 Å². The molecule has 2 aromatic carbocycles. The predicted octanol–water partition coefficient (Wildman–Crippen LogP) is 4.21. The molecule has 2 aromatic rings. The Morgan fingerprint density at radius 3 is 2.72 bits per heavy atom. The van der Waals surface area contributed by atoms with Gasteiger partial charge in [-0.2, -0.15) is 0 Å². The molecule has 3 nitrogen and oxygen atoms in total. The molecule has 1 aliphatic rings. The standard InChI is InChI=1S/C20H20F2N2O/c1-13(15-5-6-19-16(11-15)3-2-8-23-19)24-20(25)7-4-14-9-17(21)12-18(22)10-14/h4-7,9-13,23H,2-3,8H2,1H3,(H,24,25)/b7-4+. The zero-order chi connectivity index (χ0) is 17.8. The van der Waals surface area contributed by atoms with Crippen LogP contribution in [0.4, 0.5) is 14.5 Å². The van der Waals surface area contributed by atoms with Crippen LogP contribution in [-0.2, 0) is 11.2 Å². The molecule has 1 aliphatic heterocycles. The van der Waals surface area contributed by atoms with Gasteiger partial charge >= 0.3 is 0 Å². The van der Waals surface area contributed by atoms with E-state index in [1.807, 2.05) is 19.1 Å². The molecule has 0 saturated heterocycles. The first kappa shape index (κ1) is 17.1. The summed E-state index contributed by atoms with van der Waals surface area (Å²) in [5.41, 5.74) is 3.75. The van der Waals surface area contributed by atoms with Gasteiger partial charge in [-0.3, -0.25) is 4.79 Å². The van der Waals surface area contributed by atoms with E-state index >= 15 is 0 Å². The number of halogens is 2. The molecule has 5 heteroatoms. The van der Waals surface area contributed by atoms with Crippen molar-refractivity contribution in [3.63, 3.8) is 0 Å². The number of aryl methyl sites for hydroxylation is 1. The molecule has 130 valence electrons. The number of anilines is 1. The number of carbonyl (C=O) groups excluding carboxylic acids is 1. The van der Waals surface area contributed by atoms with Crippen LogP contribution in [0, 0.1) is 11.6 Å². The van der Waals surface area contributed by atoms with Crippen LogP contribution in [-0.4, -0.2) is 12.5 Å². The second kappa shape index (κ2) is 7.47. The normalized spacial score (nSPS) is 14.7. The Labute approximate surface area is 145 Å². The number of nitrogens with one attached hydrogen (secondary N) is 2. The van der Waals surface area contributed by atoms with E-state index in [1.54, 1.807) is 0 Å². The van der Waals surface area contributed by atoms with Crippen LogP contribution in [0.2, 0.25) is 0 Å². The quantitative estimate of drug-likeness (QED) is 0.817. The number of hydrogen-bond acceptors (Lipinski definition) is 2. The molecule has 0 radical (unpaired) electrons. The first-order valence-corrected chi connectivity index (χ1v) is 8.32. The Morgan fingerprint density at radius 2 is 1.96 bits per heavy atom. The van der Waals surface area contributed by atoms with E-state index in [0.717, 1.165) is 36.7 Å².